The minimum Gasteiger partial charge on any atom is -0.355 e. The van der Waals surface area contributed by atoms with Gasteiger partial charge in [-0.1, -0.05) is 35.6 Å². The maximum atomic E-state index is 11.8. The van der Waals surface area contributed by atoms with Crippen LogP contribution in [0.15, 0.2) is 18.3 Å². The fourth-order valence-corrected chi connectivity index (χ4v) is 3.00. The molecule has 1 aromatic heterocycles. The van der Waals surface area contributed by atoms with Crippen molar-refractivity contribution in [3.63, 3.8) is 0 Å². The predicted molar refractivity (Wildman–Crippen MR) is 92.0 cm³/mol. The van der Waals surface area contributed by atoms with Crippen molar-refractivity contribution in [1.82, 2.24) is 14.8 Å². The van der Waals surface area contributed by atoms with E-state index < -0.39 is 0 Å². The number of pyridine rings is 1. The predicted octanol–water partition coefficient (Wildman–Crippen LogP) is 1.94. The van der Waals surface area contributed by atoms with Gasteiger partial charge in [0.1, 0.15) is 10.1 Å². The van der Waals surface area contributed by atoms with Crippen LogP contribution in [-0.2, 0) is 4.79 Å². The van der Waals surface area contributed by atoms with Gasteiger partial charge in [-0.25, -0.2) is 4.98 Å². The van der Waals surface area contributed by atoms with E-state index in [1.54, 1.807) is 12.1 Å². The van der Waals surface area contributed by atoms with Gasteiger partial charge in [-0.05, 0) is 19.2 Å². The van der Waals surface area contributed by atoms with E-state index in [0.29, 0.717) is 10.8 Å². The first-order valence-electron chi connectivity index (χ1n) is 6.56. The standard InChI is InChI=1S/C13H17ClN4OS2/c1-17-4-6-18(7-5-17)13(20)21-9-12(19)16-11-3-2-10(14)8-15-11/h2-3,8H,4-7,9H2,1H3,(H,15,16,19). The van der Waals surface area contributed by atoms with E-state index >= 15 is 0 Å². The van der Waals surface area contributed by atoms with E-state index in [4.69, 9.17) is 23.8 Å². The number of carbonyl (C=O) groups excluding carboxylic acids is 1. The normalized spacial score (nSPS) is 15.8. The van der Waals surface area contributed by atoms with Crippen LogP contribution >= 0.6 is 35.6 Å². The van der Waals surface area contributed by atoms with Crippen LogP contribution in [-0.4, -0.2) is 64.0 Å². The SMILES string of the molecule is CN1CCN(C(=S)SCC(=O)Nc2ccc(Cl)cn2)CC1. The average Bonchev–Trinajstić information content (AvgIpc) is 2.48. The van der Waals surface area contributed by atoms with E-state index in [9.17, 15) is 4.79 Å². The van der Waals surface area contributed by atoms with Crippen LogP contribution in [0, 0.1) is 0 Å². The van der Waals surface area contributed by atoms with E-state index in [1.807, 2.05) is 0 Å². The number of thioether (sulfide) groups is 1. The topological polar surface area (TPSA) is 48.5 Å². The number of rotatable bonds is 3. The summed E-state index contributed by atoms with van der Waals surface area (Å²) in [5, 5.41) is 3.26. The number of likely N-dealkylation sites (N-methyl/N-ethyl adjacent to an activating group) is 1. The summed E-state index contributed by atoms with van der Waals surface area (Å²) in [6, 6.07) is 3.36. The van der Waals surface area contributed by atoms with Crippen molar-refractivity contribution < 1.29 is 4.79 Å². The number of hydrogen-bond donors (Lipinski definition) is 1. The molecule has 0 saturated carbocycles. The smallest absolute Gasteiger partial charge is 0.235 e. The Morgan fingerprint density at radius 2 is 2.14 bits per heavy atom. The fourth-order valence-electron chi connectivity index (χ4n) is 1.84. The zero-order valence-corrected chi connectivity index (χ0v) is 14.1. The number of aromatic nitrogens is 1. The van der Waals surface area contributed by atoms with Crippen molar-refractivity contribution in [2.24, 2.45) is 0 Å². The monoisotopic (exact) mass is 344 g/mol. The maximum Gasteiger partial charge on any atom is 0.235 e. The van der Waals surface area contributed by atoms with Crippen LogP contribution < -0.4 is 5.32 Å². The van der Waals surface area contributed by atoms with Gasteiger partial charge in [0.2, 0.25) is 5.91 Å². The summed E-state index contributed by atoms with van der Waals surface area (Å²) in [7, 11) is 2.10. The molecule has 0 aliphatic carbocycles. The molecule has 1 aromatic rings. The van der Waals surface area contributed by atoms with Crippen molar-refractivity contribution in [1.29, 1.82) is 0 Å². The summed E-state index contributed by atoms with van der Waals surface area (Å²) in [6.07, 6.45) is 1.50. The number of thiocarbonyl (C=S) groups is 1. The van der Waals surface area contributed by atoms with Crippen LogP contribution in [0.1, 0.15) is 0 Å². The van der Waals surface area contributed by atoms with Gasteiger partial charge in [-0.2, -0.15) is 0 Å². The number of anilines is 1. The van der Waals surface area contributed by atoms with Gasteiger partial charge in [-0.15, -0.1) is 0 Å². The van der Waals surface area contributed by atoms with Gasteiger partial charge in [0, 0.05) is 32.4 Å². The minimum absolute atomic E-state index is 0.119. The van der Waals surface area contributed by atoms with Gasteiger partial charge < -0.3 is 15.1 Å². The Hall–Kier alpha value is -0.890. The molecule has 1 amide bonds. The Labute approximate surface area is 139 Å². The van der Waals surface area contributed by atoms with Gasteiger partial charge in [0.25, 0.3) is 0 Å². The summed E-state index contributed by atoms with van der Waals surface area (Å²) in [5.41, 5.74) is 0. The van der Waals surface area contributed by atoms with Crippen molar-refractivity contribution in [2.75, 3.05) is 44.3 Å². The summed E-state index contributed by atoms with van der Waals surface area (Å²) in [4.78, 5) is 20.3. The molecule has 21 heavy (non-hydrogen) atoms. The van der Waals surface area contributed by atoms with Gasteiger partial charge in [0.15, 0.2) is 0 Å². The number of nitrogens with one attached hydrogen (secondary N) is 1. The Bertz CT molecular complexity index is 503. The molecule has 1 fully saturated rings. The first-order valence-corrected chi connectivity index (χ1v) is 8.33. The molecule has 0 radical (unpaired) electrons. The second-order valence-corrected chi connectivity index (χ2v) is 6.80. The lowest BCUT2D eigenvalue weighted by Crippen LogP contribution is -2.46. The molecule has 5 nitrogen and oxygen atoms in total. The molecule has 2 heterocycles. The van der Waals surface area contributed by atoms with Crippen molar-refractivity contribution in [2.45, 2.75) is 0 Å². The quantitative estimate of drug-likeness (QED) is 0.846. The number of hydrogen-bond acceptors (Lipinski definition) is 5. The highest BCUT2D eigenvalue weighted by Crippen LogP contribution is 2.13. The number of amides is 1. The third-order valence-electron chi connectivity index (χ3n) is 3.08. The second kappa shape index (κ2) is 7.93. The maximum absolute atomic E-state index is 11.8. The van der Waals surface area contributed by atoms with Gasteiger partial charge in [0.05, 0.1) is 10.8 Å². The summed E-state index contributed by atoms with van der Waals surface area (Å²) in [6.45, 7) is 3.84. The first kappa shape index (κ1) is 16.5. The molecule has 1 N–H and O–H groups in total. The number of halogens is 1. The Morgan fingerprint density at radius 1 is 1.43 bits per heavy atom. The zero-order valence-electron chi connectivity index (χ0n) is 11.7. The summed E-state index contributed by atoms with van der Waals surface area (Å²) in [5.74, 6) is 0.664. The Kier molecular flexibility index (Phi) is 6.22. The Morgan fingerprint density at radius 3 is 2.76 bits per heavy atom. The van der Waals surface area contributed by atoms with Crippen LogP contribution in [0.5, 0.6) is 0 Å². The molecule has 1 aliphatic rings. The van der Waals surface area contributed by atoms with E-state index in [-0.39, 0.29) is 11.7 Å². The van der Waals surface area contributed by atoms with E-state index in [1.165, 1.54) is 18.0 Å². The highest BCUT2D eigenvalue weighted by molar-refractivity contribution is 8.23. The zero-order chi connectivity index (χ0) is 15.2. The average molecular weight is 345 g/mol. The van der Waals surface area contributed by atoms with Crippen molar-refractivity contribution >= 4 is 51.6 Å². The lowest BCUT2D eigenvalue weighted by Gasteiger charge is -2.33. The molecule has 114 valence electrons. The molecule has 0 aromatic carbocycles. The molecular formula is C13H17ClN4OS2. The lowest BCUT2D eigenvalue weighted by atomic mass is 10.4. The first-order chi connectivity index (χ1) is 10.0. The second-order valence-electron chi connectivity index (χ2n) is 4.75. The highest BCUT2D eigenvalue weighted by atomic mass is 35.5. The third kappa shape index (κ3) is 5.43. The van der Waals surface area contributed by atoms with Crippen LogP contribution in [0.3, 0.4) is 0 Å². The van der Waals surface area contributed by atoms with Crippen LogP contribution in [0.25, 0.3) is 0 Å². The molecule has 2 rings (SSSR count). The largest absolute Gasteiger partial charge is 0.355 e. The molecule has 0 unspecified atom stereocenters. The third-order valence-corrected chi connectivity index (χ3v) is 4.83. The summed E-state index contributed by atoms with van der Waals surface area (Å²) >= 11 is 12.5. The van der Waals surface area contributed by atoms with Crippen LogP contribution in [0.2, 0.25) is 5.02 Å². The van der Waals surface area contributed by atoms with Gasteiger partial charge in [-0.3, -0.25) is 4.79 Å². The molecule has 0 bridgehead atoms. The van der Waals surface area contributed by atoms with Gasteiger partial charge >= 0.3 is 0 Å². The lowest BCUT2D eigenvalue weighted by molar-refractivity contribution is -0.113. The fraction of sp³-hybridized carbons (Fsp3) is 0.462. The van der Waals surface area contributed by atoms with Crippen molar-refractivity contribution in [3.8, 4) is 0 Å². The highest BCUT2D eigenvalue weighted by Gasteiger charge is 2.17. The number of nitrogens with zero attached hydrogens (tertiary/aromatic N) is 3. The molecule has 0 atom stereocenters. The summed E-state index contributed by atoms with van der Waals surface area (Å²) < 4.78 is 0.780. The van der Waals surface area contributed by atoms with Crippen molar-refractivity contribution in [3.05, 3.63) is 23.4 Å². The van der Waals surface area contributed by atoms with E-state index in [2.05, 4.69) is 27.1 Å². The van der Waals surface area contributed by atoms with Crippen LogP contribution in [0.4, 0.5) is 5.82 Å². The number of carbonyl (C=O) groups is 1. The molecule has 1 aliphatic heterocycles. The molecule has 0 spiro atoms. The molecular weight excluding hydrogens is 328 g/mol. The number of piperazine rings is 1. The molecule has 1 saturated heterocycles. The minimum atomic E-state index is -0.119. The van der Waals surface area contributed by atoms with E-state index in [0.717, 1.165) is 30.5 Å². The molecule has 8 heteroatoms. The Balaban J connectivity index is 1.73.